The van der Waals surface area contributed by atoms with Crippen molar-refractivity contribution in [3.8, 4) is 5.75 Å². The SMILES string of the molecule is CC(C)CN(CC(O)C(Cc1ccccc1)NC(=O)Cn1c(=O)ccc2ccc(O)cc21)S(=O)(=O)c1ccc([N+](=O)[O-])cc1. The third kappa shape index (κ3) is 7.86. The maximum absolute atomic E-state index is 13.6. The second-order valence-electron chi connectivity index (χ2n) is 10.9. The van der Waals surface area contributed by atoms with Crippen LogP contribution in [0.25, 0.3) is 10.9 Å². The second kappa shape index (κ2) is 13.8. The molecule has 0 aliphatic carbocycles. The predicted molar refractivity (Wildman–Crippen MR) is 165 cm³/mol. The van der Waals surface area contributed by atoms with E-state index in [9.17, 15) is 38.3 Å². The number of aromatic hydroxyl groups is 1. The van der Waals surface area contributed by atoms with E-state index in [-0.39, 0.29) is 41.8 Å². The van der Waals surface area contributed by atoms with Crippen LogP contribution in [0, 0.1) is 16.0 Å². The van der Waals surface area contributed by atoms with Crippen molar-refractivity contribution in [1.29, 1.82) is 0 Å². The number of carbonyl (C=O) groups excluding carboxylic acids is 1. The number of aliphatic hydroxyl groups excluding tert-OH is 1. The van der Waals surface area contributed by atoms with Gasteiger partial charge < -0.3 is 15.5 Å². The van der Waals surface area contributed by atoms with Gasteiger partial charge in [0.15, 0.2) is 0 Å². The van der Waals surface area contributed by atoms with Crippen molar-refractivity contribution in [3.63, 3.8) is 0 Å². The minimum Gasteiger partial charge on any atom is -0.508 e. The van der Waals surface area contributed by atoms with Crippen molar-refractivity contribution in [2.45, 2.75) is 43.9 Å². The summed E-state index contributed by atoms with van der Waals surface area (Å²) in [6, 6.07) is 20.0. The van der Waals surface area contributed by atoms with Gasteiger partial charge in [-0.15, -0.1) is 0 Å². The van der Waals surface area contributed by atoms with Crippen LogP contribution < -0.4 is 10.9 Å². The average Bonchev–Trinajstić information content (AvgIpc) is 2.98. The first-order valence-corrected chi connectivity index (χ1v) is 15.4. The molecule has 13 heteroatoms. The van der Waals surface area contributed by atoms with E-state index in [0.717, 1.165) is 34.1 Å². The summed E-state index contributed by atoms with van der Waals surface area (Å²) in [5, 5.41) is 35.9. The molecule has 3 N–H and O–H groups in total. The van der Waals surface area contributed by atoms with Gasteiger partial charge in [-0.2, -0.15) is 4.31 Å². The highest BCUT2D eigenvalue weighted by atomic mass is 32.2. The number of nitro groups is 1. The number of amides is 1. The van der Waals surface area contributed by atoms with Crippen LogP contribution in [0.4, 0.5) is 5.69 Å². The normalized spacial score (nSPS) is 13.2. The zero-order chi connectivity index (χ0) is 32.0. The first kappa shape index (κ1) is 32.3. The number of hydrogen-bond donors (Lipinski definition) is 3. The predicted octanol–water partition coefficient (Wildman–Crippen LogP) is 3.05. The van der Waals surface area contributed by atoms with E-state index in [2.05, 4.69) is 5.32 Å². The van der Waals surface area contributed by atoms with E-state index in [1.165, 1.54) is 22.8 Å². The minimum atomic E-state index is -4.18. The van der Waals surface area contributed by atoms with Crippen LogP contribution in [0.15, 0.2) is 94.6 Å². The number of pyridine rings is 1. The largest absolute Gasteiger partial charge is 0.508 e. The number of aromatic nitrogens is 1. The number of hydrogen-bond acceptors (Lipinski definition) is 8. The van der Waals surface area contributed by atoms with Gasteiger partial charge in [-0.05, 0) is 53.6 Å². The Morgan fingerprint density at radius 3 is 2.30 bits per heavy atom. The molecule has 0 saturated carbocycles. The molecule has 0 aliphatic heterocycles. The van der Waals surface area contributed by atoms with Gasteiger partial charge in [-0.3, -0.25) is 24.3 Å². The summed E-state index contributed by atoms with van der Waals surface area (Å²) in [6.45, 7) is 2.88. The van der Waals surface area contributed by atoms with Crippen molar-refractivity contribution >= 4 is 32.5 Å². The van der Waals surface area contributed by atoms with Crippen molar-refractivity contribution in [2.24, 2.45) is 5.92 Å². The molecule has 1 amide bonds. The Kier molecular flexibility index (Phi) is 10.1. The lowest BCUT2D eigenvalue weighted by Gasteiger charge is -2.31. The van der Waals surface area contributed by atoms with Crippen molar-refractivity contribution in [2.75, 3.05) is 13.1 Å². The molecule has 12 nitrogen and oxygen atoms in total. The van der Waals surface area contributed by atoms with Gasteiger partial charge in [0.2, 0.25) is 15.9 Å². The Hall–Kier alpha value is -4.59. The van der Waals surface area contributed by atoms with E-state index in [0.29, 0.717) is 10.9 Å². The maximum Gasteiger partial charge on any atom is 0.269 e. The van der Waals surface area contributed by atoms with Gasteiger partial charge in [-0.1, -0.05) is 44.2 Å². The van der Waals surface area contributed by atoms with Gasteiger partial charge in [0, 0.05) is 37.4 Å². The molecule has 0 fully saturated rings. The van der Waals surface area contributed by atoms with Crippen LogP contribution >= 0.6 is 0 Å². The maximum atomic E-state index is 13.6. The minimum absolute atomic E-state index is 0.0390. The molecule has 2 unspecified atom stereocenters. The van der Waals surface area contributed by atoms with Crippen LogP contribution in [0.1, 0.15) is 19.4 Å². The number of aliphatic hydroxyl groups is 1. The first-order chi connectivity index (χ1) is 20.8. The van der Waals surface area contributed by atoms with E-state index in [1.54, 1.807) is 24.3 Å². The van der Waals surface area contributed by atoms with Crippen molar-refractivity contribution in [1.82, 2.24) is 14.2 Å². The molecule has 0 spiro atoms. The second-order valence-corrected chi connectivity index (χ2v) is 12.8. The molecule has 0 aliphatic rings. The van der Waals surface area contributed by atoms with E-state index in [4.69, 9.17) is 0 Å². The van der Waals surface area contributed by atoms with Crippen LogP contribution in [0.5, 0.6) is 5.75 Å². The van der Waals surface area contributed by atoms with Gasteiger partial charge in [-0.25, -0.2) is 8.42 Å². The number of nitrogens with one attached hydrogen (secondary N) is 1. The van der Waals surface area contributed by atoms with Gasteiger partial charge in [0.05, 0.1) is 27.5 Å². The lowest BCUT2D eigenvalue weighted by Crippen LogP contribution is -2.52. The fourth-order valence-electron chi connectivity index (χ4n) is 4.89. The fraction of sp³-hybridized carbons (Fsp3) is 0.290. The molecule has 44 heavy (non-hydrogen) atoms. The summed E-state index contributed by atoms with van der Waals surface area (Å²) in [5.41, 5.74) is 0.407. The standard InChI is InChI=1S/C31H34N4O8S/c1-21(2)18-33(44(42,43)26-13-10-24(11-14-26)35(40)41)19-29(37)27(16-22-6-4-3-5-7-22)32-30(38)20-34-28-17-25(36)12-8-23(28)9-15-31(34)39/h3-15,17,21,27,29,36-37H,16,18-20H2,1-2H3,(H,32,38). The molecular formula is C31H34N4O8S. The highest BCUT2D eigenvalue weighted by molar-refractivity contribution is 7.89. The fourth-order valence-corrected chi connectivity index (χ4v) is 6.51. The summed E-state index contributed by atoms with van der Waals surface area (Å²) in [7, 11) is -4.18. The molecule has 232 valence electrons. The van der Waals surface area contributed by atoms with Crippen LogP contribution in [-0.4, -0.2) is 63.6 Å². The lowest BCUT2D eigenvalue weighted by molar-refractivity contribution is -0.384. The van der Waals surface area contributed by atoms with Crippen molar-refractivity contribution < 1.29 is 28.3 Å². The van der Waals surface area contributed by atoms with Crippen LogP contribution in [0.2, 0.25) is 0 Å². The van der Waals surface area contributed by atoms with Gasteiger partial charge in [0.1, 0.15) is 12.3 Å². The first-order valence-electron chi connectivity index (χ1n) is 13.9. The lowest BCUT2D eigenvalue weighted by atomic mass is 10.0. The number of benzene rings is 3. The topological polar surface area (TPSA) is 172 Å². The molecule has 1 heterocycles. The van der Waals surface area contributed by atoms with Crippen molar-refractivity contribution in [3.05, 3.63) is 111 Å². The molecule has 2 atom stereocenters. The Morgan fingerprint density at radius 2 is 1.66 bits per heavy atom. The summed E-state index contributed by atoms with van der Waals surface area (Å²) in [5.74, 6) is -0.808. The molecule has 1 aromatic heterocycles. The number of non-ortho nitro benzene ring substituents is 1. The van der Waals surface area contributed by atoms with E-state index >= 15 is 0 Å². The van der Waals surface area contributed by atoms with Gasteiger partial charge >= 0.3 is 0 Å². The number of sulfonamides is 1. The molecule has 3 aromatic carbocycles. The van der Waals surface area contributed by atoms with Crippen LogP contribution in [-0.2, 0) is 27.8 Å². The van der Waals surface area contributed by atoms with Crippen LogP contribution in [0.3, 0.4) is 0 Å². The Labute approximate surface area is 254 Å². The number of carbonyl (C=O) groups is 1. The number of phenolic OH excluding ortho intramolecular Hbond substituents is 1. The third-order valence-electron chi connectivity index (χ3n) is 7.03. The zero-order valence-corrected chi connectivity index (χ0v) is 25.1. The Balaban J connectivity index is 1.62. The highest BCUT2D eigenvalue weighted by Gasteiger charge is 2.31. The summed E-state index contributed by atoms with van der Waals surface area (Å²) in [4.78, 5) is 36.3. The smallest absolute Gasteiger partial charge is 0.269 e. The number of nitro benzene ring substituents is 1. The van der Waals surface area contributed by atoms with E-state index < -0.39 is 45.1 Å². The molecule has 0 radical (unpaired) electrons. The number of nitrogens with zero attached hydrogens (tertiary/aromatic N) is 3. The zero-order valence-electron chi connectivity index (χ0n) is 24.2. The Bertz CT molecular complexity index is 1790. The molecular weight excluding hydrogens is 588 g/mol. The molecule has 0 saturated heterocycles. The number of phenols is 1. The monoisotopic (exact) mass is 622 g/mol. The summed E-state index contributed by atoms with van der Waals surface area (Å²) in [6.07, 6.45) is -1.22. The Morgan fingerprint density at radius 1 is 1.00 bits per heavy atom. The number of rotatable bonds is 13. The third-order valence-corrected chi connectivity index (χ3v) is 8.88. The molecule has 4 aromatic rings. The van der Waals surface area contributed by atoms with Gasteiger partial charge in [0.25, 0.3) is 11.2 Å². The molecule has 4 rings (SSSR count). The van der Waals surface area contributed by atoms with E-state index in [1.807, 2.05) is 32.0 Å². The number of fused-ring (bicyclic) bond motifs is 1. The summed E-state index contributed by atoms with van der Waals surface area (Å²) >= 11 is 0. The summed E-state index contributed by atoms with van der Waals surface area (Å²) < 4.78 is 29.5. The average molecular weight is 623 g/mol. The quantitative estimate of drug-likeness (QED) is 0.151. The highest BCUT2D eigenvalue weighted by Crippen LogP contribution is 2.22. The molecule has 0 bridgehead atoms.